The van der Waals surface area contributed by atoms with Crippen LogP contribution in [0.2, 0.25) is 0 Å². The molecule has 0 saturated carbocycles. The molecule has 0 bridgehead atoms. The van der Waals surface area contributed by atoms with Gasteiger partial charge in [0.05, 0.1) is 17.7 Å². The van der Waals surface area contributed by atoms with Crippen LogP contribution in [0.5, 0.6) is 0 Å². The van der Waals surface area contributed by atoms with Crippen molar-refractivity contribution in [3.8, 4) is 0 Å². The highest BCUT2D eigenvalue weighted by Crippen LogP contribution is 2.26. The molecule has 0 atom stereocenters. The minimum atomic E-state index is -0.994. The molecular weight excluding hydrogens is 236 g/mol. The number of rotatable bonds is 3. The van der Waals surface area contributed by atoms with Gasteiger partial charge in [0.1, 0.15) is 0 Å². The number of hydrogen-bond acceptors (Lipinski definition) is 1. The molecule has 0 aliphatic heterocycles. The van der Waals surface area contributed by atoms with Gasteiger partial charge in [-0.1, -0.05) is 12.7 Å². The van der Waals surface area contributed by atoms with E-state index in [1.54, 1.807) is 32.2 Å². The number of halogens is 2. The standard InChI is InChI=1S/C14H15F2NO/c1-4-9-7-10-5-6-17(8-14(2,3)18)13(10)12(16)11(9)15/h4-7,18H,1,8H2,2-3H3. The van der Waals surface area contributed by atoms with Gasteiger partial charge in [0.2, 0.25) is 0 Å². The van der Waals surface area contributed by atoms with E-state index in [0.29, 0.717) is 5.39 Å². The molecule has 96 valence electrons. The molecule has 0 unspecified atom stereocenters. The predicted octanol–water partition coefficient (Wildman–Crippen LogP) is 3.33. The van der Waals surface area contributed by atoms with Crippen LogP contribution in [0.1, 0.15) is 19.4 Å². The van der Waals surface area contributed by atoms with Crippen LogP contribution in [0.25, 0.3) is 17.0 Å². The van der Waals surface area contributed by atoms with Crippen molar-refractivity contribution in [3.63, 3.8) is 0 Å². The van der Waals surface area contributed by atoms with E-state index in [1.165, 1.54) is 10.6 Å². The Bertz CT molecular complexity index is 608. The van der Waals surface area contributed by atoms with Gasteiger partial charge in [0.25, 0.3) is 0 Å². The number of aliphatic hydroxyl groups is 1. The zero-order chi connectivity index (χ0) is 13.5. The lowest BCUT2D eigenvalue weighted by atomic mass is 10.1. The fourth-order valence-corrected chi connectivity index (χ4v) is 2.02. The van der Waals surface area contributed by atoms with Gasteiger partial charge in [-0.15, -0.1) is 0 Å². The van der Waals surface area contributed by atoms with Crippen molar-refractivity contribution < 1.29 is 13.9 Å². The van der Waals surface area contributed by atoms with Gasteiger partial charge in [-0.2, -0.15) is 0 Å². The van der Waals surface area contributed by atoms with Crippen LogP contribution in [-0.4, -0.2) is 15.3 Å². The number of fused-ring (bicyclic) bond motifs is 1. The zero-order valence-electron chi connectivity index (χ0n) is 10.4. The third-order valence-electron chi connectivity index (χ3n) is 2.74. The van der Waals surface area contributed by atoms with Crippen molar-refractivity contribution >= 4 is 17.0 Å². The second-order valence-electron chi connectivity index (χ2n) is 4.99. The fraction of sp³-hybridized carbons (Fsp3) is 0.286. The Morgan fingerprint density at radius 2 is 2.06 bits per heavy atom. The molecule has 1 N–H and O–H groups in total. The van der Waals surface area contributed by atoms with Gasteiger partial charge in [-0.05, 0) is 26.0 Å². The molecule has 0 spiro atoms. The summed E-state index contributed by atoms with van der Waals surface area (Å²) < 4.78 is 29.2. The molecule has 0 radical (unpaired) electrons. The fourth-order valence-electron chi connectivity index (χ4n) is 2.02. The van der Waals surface area contributed by atoms with E-state index in [4.69, 9.17) is 0 Å². The SMILES string of the molecule is C=Cc1cc2ccn(CC(C)(C)O)c2c(F)c1F. The lowest BCUT2D eigenvalue weighted by Crippen LogP contribution is -2.25. The summed E-state index contributed by atoms with van der Waals surface area (Å²) in [5, 5.41) is 10.3. The van der Waals surface area contributed by atoms with Gasteiger partial charge >= 0.3 is 0 Å². The molecule has 1 heterocycles. The number of aromatic nitrogens is 1. The summed E-state index contributed by atoms with van der Waals surface area (Å²) in [6, 6.07) is 3.23. The van der Waals surface area contributed by atoms with Crippen LogP contribution in [-0.2, 0) is 6.54 Å². The molecule has 2 rings (SSSR count). The summed E-state index contributed by atoms with van der Waals surface area (Å²) in [5.41, 5.74) is -0.687. The largest absolute Gasteiger partial charge is 0.389 e. The second kappa shape index (κ2) is 4.21. The highest BCUT2D eigenvalue weighted by Gasteiger charge is 2.19. The van der Waals surface area contributed by atoms with Gasteiger partial charge in [0, 0.05) is 17.1 Å². The molecule has 0 saturated heterocycles. The topological polar surface area (TPSA) is 25.2 Å². The summed E-state index contributed by atoms with van der Waals surface area (Å²) in [5.74, 6) is -1.81. The molecular formula is C14H15F2NO. The Hall–Kier alpha value is -1.68. The highest BCUT2D eigenvalue weighted by molar-refractivity contribution is 5.83. The molecule has 18 heavy (non-hydrogen) atoms. The molecule has 1 aromatic carbocycles. The Balaban J connectivity index is 2.66. The average molecular weight is 251 g/mol. The van der Waals surface area contributed by atoms with Crippen LogP contribution in [0.4, 0.5) is 8.78 Å². The Kier molecular flexibility index (Phi) is 2.99. The number of hydrogen-bond donors (Lipinski definition) is 1. The molecule has 2 aromatic rings. The molecule has 1 aromatic heterocycles. The van der Waals surface area contributed by atoms with E-state index in [1.807, 2.05) is 0 Å². The second-order valence-corrected chi connectivity index (χ2v) is 4.99. The number of nitrogens with zero attached hydrogens (tertiary/aromatic N) is 1. The van der Waals surface area contributed by atoms with E-state index in [9.17, 15) is 13.9 Å². The van der Waals surface area contributed by atoms with Gasteiger partial charge in [-0.3, -0.25) is 0 Å². The summed E-state index contributed by atoms with van der Waals surface area (Å²) in [6.07, 6.45) is 2.92. The lowest BCUT2D eigenvalue weighted by molar-refractivity contribution is 0.0627. The number of benzene rings is 1. The summed E-state index contributed by atoms with van der Waals surface area (Å²) in [7, 11) is 0. The van der Waals surface area contributed by atoms with Crippen molar-refractivity contribution in [2.24, 2.45) is 0 Å². The first-order valence-electron chi connectivity index (χ1n) is 5.65. The zero-order valence-corrected chi connectivity index (χ0v) is 10.4. The van der Waals surface area contributed by atoms with E-state index >= 15 is 0 Å². The maximum Gasteiger partial charge on any atom is 0.183 e. The smallest absolute Gasteiger partial charge is 0.183 e. The minimum absolute atomic E-state index is 0.140. The normalized spacial score (nSPS) is 12.1. The van der Waals surface area contributed by atoms with E-state index in [2.05, 4.69) is 6.58 Å². The van der Waals surface area contributed by atoms with Gasteiger partial charge in [-0.25, -0.2) is 8.78 Å². The van der Waals surface area contributed by atoms with Crippen LogP contribution < -0.4 is 0 Å². The van der Waals surface area contributed by atoms with Gasteiger partial charge in [0.15, 0.2) is 11.6 Å². The maximum atomic E-state index is 14.0. The molecule has 0 fully saturated rings. The predicted molar refractivity (Wildman–Crippen MR) is 68.2 cm³/mol. The molecule has 0 aliphatic carbocycles. The molecule has 2 nitrogen and oxygen atoms in total. The highest BCUT2D eigenvalue weighted by atomic mass is 19.2. The van der Waals surface area contributed by atoms with Crippen molar-refractivity contribution in [2.75, 3.05) is 0 Å². The lowest BCUT2D eigenvalue weighted by Gasteiger charge is -2.19. The first kappa shape index (κ1) is 12.8. The summed E-state index contributed by atoms with van der Waals surface area (Å²) in [6.45, 7) is 6.88. The van der Waals surface area contributed by atoms with Gasteiger partial charge < -0.3 is 9.67 Å². The Morgan fingerprint density at radius 3 is 2.61 bits per heavy atom. The first-order chi connectivity index (χ1) is 8.33. The minimum Gasteiger partial charge on any atom is -0.389 e. The van der Waals surface area contributed by atoms with Crippen LogP contribution in [0.15, 0.2) is 24.9 Å². The summed E-state index contributed by atoms with van der Waals surface area (Å²) >= 11 is 0. The molecule has 4 heteroatoms. The quantitative estimate of drug-likeness (QED) is 0.889. The monoisotopic (exact) mass is 251 g/mol. The molecule has 0 aliphatic rings. The van der Waals surface area contributed by atoms with Crippen molar-refractivity contribution in [1.82, 2.24) is 4.57 Å². The Labute approximate surface area is 104 Å². The average Bonchev–Trinajstić information content (AvgIpc) is 2.64. The maximum absolute atomic E-state index is 14.0. The Morgan fingerprint density at radius 1 is 1.39 bits per heavy atom. The van der Waals surface area contributed by atoms with E-state index in [-0.39, 0.29) is 17.6 Å². The van der Waals surface area contributed by atoms with Crippen LogP contribution >= 0.6 is 0 Å². The third kappa shape index (κ3) is 2.16. The van der Waals surface area contributed by atoms with Crippen molar-refractivity contribution in [1.29, 1.82) is 0 Å². The van der Waals surface area contributed by atoms with Crippen molar-refractivity contribution in [2.45, 2.75) is 26.0 Å². The van der Waals surface area contributed by atoms with Crippen LogP contribution in [0, 0.1) is 11.6 Å². The molecule has 0 amide bonds. The van der Waals surface area contributed by atoms with Crippen molar-refractivity contribution in [3.05, 3.63) is 42.1 Å². The van der Waals surface area contributed by atoms with E-state index < -0.39 is 17.2 Å². The van der Waals surface area contributed by atoms with Crippen LogP contribution in [0.3, 0.4) is 0 Å². The third-order valence-corrected chi connectivity index (χ3v) is 2.74. The van der Waals surface area contributed by atoms with E-state index in [0.717, 1.165) is 0 Å². The summed E-state index contributed by atoms with van der Waals surface area (Å²) in [4.78, 5) is 0. The first-order valence-corrected chi connectivity index (χ1v) is 5.65.